The molecule has 5 rings (SSSR count). The van der Waals surface area contributed by atoms with Gasteiger partial charge in [-0.05, 0) is 42.5 Å². The van der Waals surface area contributed by atoms with Crippen molar-refractivity contribution in [1.29, 1.82) is 0 Å². The quantitative estimate of drug-likeness (QED) is 0.589. The van der Waals surface area contributed by atoms with Gasteiger partial charge in [-0.2, -0.15) is 13.2 Å². The van der Waals surface area contributed by atoms with E-state index in [4.69, 9.17) is 11.6 Å². The molecule has 0 spiro atoms. The molecule has 11 heteroatoms. The van der Waals surface area contributed by atoms with E-state index in [1.165, 1.54) is 12.4 Å². The lowest BCUT2D eigenvalue weighted by molar-refractivity contribution is -0.137. The van der Waals surface area contributed by atoms with E-state index in [0.29, 0.717) is 61.1 Å². The Morgan fingerprint density at radius 2 is 1.71 bits per heavy atom. The number of carbonyl (C=O) groups is 1. The van der Waals surface area contributed by atoms with Crippen LogP contribution in [0.4, 0.5) is 19.0 Å². The van der Waals surface area contributed by atoms with Crippen LogP contribution in [0.5, 0.6) is 0 Å². The Hall–Kier alpha value is -2.95. The second-order valence-electron chi connectivity index (χ2n) is 8.80. The Labute approximate surface area is 204 Å². The van der Waals surface area contributed by atoms with Gasteiger partial charge in [-0.3, -0.25) is 9.69 Å². The first-order chi connectivity index (χ1) is 16.7. The normalized spacial score (nSPS) is 21.6. The number of anilines is 1. The van der Waals surface area contributed by atoms with E-state index in [1.807, 2.05) is 4.90 Å². The van der Waals surface area contributed by atoms with Gasteiger partial charge in [0.25, 0.3) is 5.91 Å². The number of hydrogen-bond donors (Lipinski definition) is 1. The lowest BCUT2D eigenvalue weighted by Gasteiger charge is -2.38. The highest BCUT2D eigenvalue weighted by Gasteiger charge is 2.38. The Balaban J connectivity index is 1.27. The molecule has 35 heavy (non-hydrogen) atoms. The summed E-state index contributed by atoms with van der Waals surface area (Å²) in [4.78, 5) is 26.9. The maximum atomic E-state index is 13.1. The molecule has 2 atom stereocenters. The van der Waals surface area contributed by atoms with Crippen LogP contribution in [0.1, 0.15) is 15.9 Å². The zero-order valence-corrected chi connectivity index (χ0v) is 19.4. The summed E-state index contributed by atoms with van der Waals surface area (Å²) in [5, 5.41) is 11.9. The second-order valence-corrected chi connectivity index (χ2v) is 9.24. The number of aliphatic hydroxyl groups excluding tert-OH is 1. The van der Waals surface area contributed by atoms with E-state index in [0.717, 1.165) is 12.1 Å². The monoisotopic (exact) mass is 505 g/mol. The standard InChI is InChI=1S/C24H23ClF3N5O2/c25-17-4-1-15(2-5-17)23(35)32-9-7-31(8-10-32)20-12-33(13-21(20)34)22-18-6-3-16(24(26,27)28)11-19(18)29-14-30-22/h1-6,11,14,20-21,34H,7-10,12-13H2/t20-,21-/m0/s1. The molecule has 1 aromatic heterocycles. The molecule has 1 amide bonds. The van der Waals surface area contributed by atoms with Crippen LogP contribution >= 0.6 is 11.6 Å². The molecule has 1 N–H and O–H groups in total. The number of hydrogen-bond acceptors (Lipinski definition) is 6. The molecule has 0 aliphatic carbocycles. The highest BCUT2D eigenvalue weighted by atomic mass is 35.5. The van der Waals surface area contributed by atoms with Crippen molar-refractivity contribution in [2.75, 3.05) is 44.2 Å². The van der Waals surface area contributed by atoms with E-state index in [2.05, 4.69) is 14.9 Å². The third-order valence-corrected chi connectivity index (χ3v) is 6.92. The average Bonchev–Trinajstić information content (AvgIpc) is 3.24. The van der Waals surface area contributed by atoms with Gasteiger partial charge in [0, 0.05) is 55.2 Å². The third-order valence-electron chi connectivity index (χ3n) is 6.66. The van der Waals surface area contributed by atoms with Crippen molar-refractivity contribution in [3.63, 3.8) is 0 Å². The Morgan fingerprint density at radius 1 is 1.00 bits per heavy atom. The summed E-state index contributed by atoms with van der Waals surface area (Å²) in [6, 6.07) is 10.0. The van der Waals surface area contributed by atoms with Crippen molar-refractivity contribution in [3.05, 3.63) is 64.9 Å². The summed E-state index contributed by atoms with van der Waals surface area (Å²) in [5.74, 6) is 0.447. The fraction of sp³-hybridized carbons (Fsp3) is 0.375. The molecule has 2 aromatic carbocycles. The molecule has 2 saturated heterocycles. The Morgan fingerprint density at radius 3 is 2.40 bits per heavy atom. The highest BCUT2D eigenvalue weighted by Crippen LogP contribution is 2.34. The Bertz CT molecular complexity index is 1230. The van der Waals surface area contributed by atoms with Gasteiger partial charge in [-0.15, -0.1) is 0 Å². The van der Waals surface area contributed by atoms with Gasteiger partial charge in [0.1, 0.15) is 12.1 Å². The first-order valence-electron chi connectivity index (χ1n) is 11.2. The van der Waals surface area contributed by atoms with E-state index >= 15 is 0 Å². The smallest absolute Gasteiger partial charge is 0.390 e. The predicted molar refractivity (Wildman–Crippen MR) is 125 cm³/mol. The zero-order valence-electron chi connectivity index (χ0n) is 18.6. The van der Waals surface area contributed by atoms with Crippen molar-refractivity contribution in [2.24, 2.45) is 0 Å². The third kappa shape index (κ3) is 4.78. The summed E-state index contributed by atoms with van der Waals surface area (Å²) in [7, 11) is 0. The lowest BCUT2D eigenvalue weighted by atomic mass is 10.1. The SMILES string of the molecule is O=C(c1ccc(Cl)cc1)N1CCN([C@H]2CN(c3ncnc4cc(C(F)(F)F)ccc34)C[C@@H]2O)CC1. The average molecular weight is 506 g/mol. The highest BCUT2D eigenvalue weighted by molar-refractivity contribution is 6.30. The van der Waals surface area contributed by atoms with Crippen LogP contribution in [0.15, 0.2) is 48.8 Å². The zero-order chi connectivity index (χ0) is 24.7. The van der Waals surface area contributed by atoms with Crippen LogP contribution in [-0.2, 0) is 6.18 Å². The number of benzene rings is 2. The molecule has 7 nitrogen and oxygen atoms in total. The minimum Gasteiger partial charge on any atom is -0.390 e. The summed E-state index contributed by atoms with van der Waals surface area (Å²) in [6.07, 6.45) is -3.86. The van der Waals surface area contributed by atoms with Gasteiger partial charge < -0.3 is 14.9 Å². The van der Waals surface area contributed by atoms with E-state index in [1.54, 1.807) is 29.2 Å². The number of nitrogens with zero attached hydrogens (tertiary/aromatic N) is 5. The number of carbonyl (C=O) groups excluding carboxylic acids is 1. The molecule has 2 aliphatic heterocycles. The summed E-state index contributed by atoms with van der Waals surface area (Å²) in [5.41, 5.74) is 0.0244. The molecule has 0 unspecified atom stereocenters. The number of rotatable bonds is 3. The summed E-state index contributed by atoms with van der Waals surface area (Å²) >= 11 is 5.91. The van der Waals surface area contributed by atoms with Crippen molar-refractivity contribution in [2.45, 2.75) is 18.3 Å². The second kappa shape index (κ2) is 9.25. The van der Waals surface area contributed by atoms with Gasteiger partial charge in [-0.1, -0.05) is 11.6 Å². The van der Waals surface area contributed by atoms with Crippen LogP contribution in [0.3, 0.4) is 0 Å². The number of alkyl halides is 3. The topological polar surface area (TPSA) is 72.8 Å². The van der Waals surface area contributed by atoms with Gasteiger partial charge in [0.05, 0.1) is 23.2 Å². The molecule has 3 heterocycles. The van der Waals surface area contributed by atoms with Crippen molar-refractivity contribution < 1.29 is 23.1 Å². The first-order valence-corrected chi connectivity index (χ1v) is 11.6. The number of aliphatic hydroxyl groups is 1. The maximum absolute atomic E-state index is 13.1. The molecule has 0 radical (unpaired) electrons. The van der Waals surface area contributed by atoms with Gasteiger partial charge >= 0.3 is 6.18 Å². The predicted octanol–water partition coefficient (Wildman–Crippen LogP) is 3.31. The Kier molecular flexibility index (Phi) is 6.29. The molecular weight excluding hydrogens is 483 g/mol. The minimum absolute atomic E-state index is 0.0550. The van der Waals surface area contributed by atoms with Gasteiger partial charge in [0.15, 0.2) is 0 Å². The molecular formula is C24H23ClF3N5O2. The van der Waals surface area contributed by atoms with Crippen LogP contribution < -0.4 is 4.90 Å². The fourth-order valence-electron chi connectivity index (χ4n) is 4.80. The van der Waals surface area contributed by atoms with Gasteiger partial charge in [0.2, 0.25) is 0 Å². The van der Waals surface area contributed by atoms with Crippen LogP contribution in [0.2, 0.25) is 5.02 Å². The number of halogens is 4. The van der Waals surface area contributed by atoms with Crippen LogP contribution in [0, 0.1) is 0 Å². The van der Waals surface area contributed by atoms with Gasteiger partial charge in [-0.25, -0.2) is 9.97 Å². The minimum atomic E-state index is -4.45. The molecule has 2 aliphatic rings. The summed E-state index contributed by atoms with van der Waals surface area (Å²) in [6.45, 7) is 3.05. The van der Waals surface area contributed by atoms with E-state index in [-0.39, 0.29) is 17.5 Å². The van der Waals surface area contributed by atoms with Crippen molar-refractivity contribution >= 4 is 34.2 Å². The fourth-order valence-corrected chi connectivity index (χ4v) is 4.93. The molecule has 2 fully saturated rings. The number of fused-ring (bicyclic) bond motifs is 1. The summed E-state index contributed by atoms with van der Waals surface area (Å²) < 4.78 is 39.3. The molecule has 0 bridgehead atoms. The van der Waals surface area contributed by atoms with Crippen LogP contribution in [-0.4, -0.2) is 82.2 Å². The number of piperazine rings is 1. The molecule has 0 saturated carbocycles. The maximum Gasteiger partial charge on any atom is 0.416 e. The van der Waals surface area contributed by atoms with E-state index in [9.17, 15) is 23.1 Å². The number of β-amino-alcohol motifs (C(OH)–C–C–N with tert-alkyl or cyclic N) is 1. The largest absolute Gasteiger partial charge is 0.416 e. The first kappa shape index (κ1) is 23.8. The van der Waals surface area contributed by atoms with Crippen molar-refractivity contribution in [3.8, 4) is 0 Å². The lowest BCUT2D eigenvalue weighted by Crippen LogP contribution is -2.54. The number of amides is 1. The van der Waals surface area contributed by atoms with E-state index < -0.39 is 17.8 Å². The van der Waals surface area contributed by atoms with Crippen molar-refractivity contribution in [1.82, 2.24) is 19.8 Å². The molecule has 184 valence electrons. The molecule has 3 aromatic rings. The number of aromatic nitrogens is 2. The van der Waals surface area contributed by atoms with Crippen LogP contribution in [0.25, 0.3) is 10.9 Å².